The van der Waals surface area contributed by atoms with Crippen molar-refractivity contribution in [3.05, 3.63) is 21.4 Å². The van der Waals surface area contributed by atoms with Crippen molar-refractivity contribution in [2.45, 2.75) is 24.6 Å². The van der Waals surface area contributed by atoms with Crippen molar-refractivity contribution >= 4 is 33.0 Å². The lowest BCUT2D eigenvalue weighted by atomic mass is 10.0. The molecule has 0 radical (unpaired) electrons. The van der Waals surface area contributed by atoms with Gasteiger partial charge in [0.05, 0.1) is 16.4 Å². The zero-order valence-corrected chi connectivity index (χ0v) is 19.5. The largest absolute Gasteiger partial charge is 0.395 e. The highest BCUT2D eigenvalue weighted by atomic mass is 32.2. The van der Waals surface area contributed by atoms with Gasteiger partial charge in [-0.25, -0.2) is 13.9 Å². The van der Waals surface area contributed by atoms with E-state index in [9.17, 15) is 18.0 Å². The highest BCUT2D eigenvalue weighted by Crippen LogP contribution is 2.32. The van der Waals surface area contributed by atoms with E-state index in [1.54, 1.807) is 0 Å². The summed E-state index contributed by atoms with van der Waals surface area (Å²) in [4.78, 5) is 29.5. The summed E-state index contributed by atoms with van der Waals surface area (Å²) in [5, 5.41) is 17.8. The van der Waals surface area contributed by atoms with Gasteiger partial charge in [-0.15, -0.1) is 11.3 Å². The predicted octanol–water partition coefficient (Wildman–Crippen LogP) is -0.318. The van der Waals surface area contributed by atoms with Gasteiger partial charge in [0.1, 0.15) is 0 Å². The first kappa shape index (κ1) is 24.2. The number of nitrogens with one attached hydrogen (secondary N) is 1. The molecule has 1 aromatic heterocycles. The Morgan fingerprint density at radius 1 is 1.34 bits per heavy atom. The number of amides is 2. The van der Waals surface area contributed by atoms with Gasteiger partial charge in [0, 0.05) is 44.9 Å². The van der Waals surface area contributed by atoms with E-state index in [0.29, 0.717) is 18.0 Å². The van der Waals surface area contributed by atoms with E-state index in [0.717, 1.165) is 29.8 Å². The Balaban J connectivity index is 1.58. The molecule has 0 saturated carbocycles. The lowest BCUT2D eigenvalue weighted by Gasteiger charge is -2.35. The molecule has 3 rings (SSSR count). The molecule has 2 amide bonds. The summed E-state index contributed by atoms with van der Waals surface area (Å²) in [6, 6.07) is 1.83. The van der Waals surface area contributed by atoms with Gasteiger partial charge < -0.3 is 10.0 Å². The zero-order chi connectivity index (χ0) is 23.5. The fourth-order valence-corrected chi connectivity index (χ4v) is 5.38. The molecule has 2 aliphatic heterocycles. The third kappa shape index (κ3) is 4.98. The Hall–Kier alpha value is -2.41. The van der Waals surface area contributed by atoms with E-state index in [4.69, 9.17) is 10.3 Å². The van der Waals surface area contributed by atoms with Gasteiger partial charge in [0.25, 0.3) is 11.8 Å². The first-order valence-corrected chi connectivity index (χ1v) is 12.7. The third-order valence-corrected chi connectivity index (χ3v) is 8.92. The molecule has 1 fully saturated rings. The fraction of sp³-hybridized carbons (Fsp3) is 0.524. The molecule has 3 N–H and O–H groups in total. The van der Waals surface area contributed by atoms with E-state index >= 15 is 0 Å². The van der Waals surface area contributed by atoms with Crippen LogP contribution in [0.3, 0.4) is 0 Å². The van der Waals surface area contributed by atoms with Crippen LogP contribution in [-0.4, -0.2) is 84.1 Å². The number of sulfone groups is 1. The van der Waals surface area contributed by atoms with E-state index in [1.807, 2.05) is 6.07 Å². The summed E-state index contributed by atoms with van der Waals surface area (Å²) in [7, 11) is -3.82. The van der Waals surface area contributed by atoms with Gasteiger partial charge in [-0.1, -0.05) is 5.92 Å². The monoisotopic (exact) mass is 479 g/mol. The number of aliphatic hydroxyl groups is 1. The molecular weight excluding hydrogens is 454 g/mol. The average Bonchev–Trinajstić information content (AvgIpc) is 3.24. The summed E-state index contributed by atoms with van der Waals surface area (Å²) in [6.07, 6.45) is 0.785. The van der Waals surface area contributed by atoms with Crippen LogP contribution in [0.15, 0.2) is 6.07 Å². The summed E-state index contributed by atoms with van der Waals surface area (Å²) >= 11 is 1.26. The molecule has 11 heteroatoms. The number of likely N-dealkylation sites (tertiary alicyclic amines) is 1. The Labute approximate surface area is 191 Å². The van der Waals surface area contributed by atoms with E-state index in [-0.39, 0.29) is 31.4 Å². The van der Waals surface area contributed by atoms with Gasteiger partial charge >= 0.3 is 0 Å². The van der Waals surface area contributed by atoms with Crippen LogP contribution in [-0.2, 0) is 21.2 Å². The molecule has 32 heavy (non-hydrogen) atoms. The van der Waals surface area contributed by atoms with Crippen LogP contribution in [0, 0.1) is 29.6 Å². The first-order valence-electron chi connectivity index (χ1n) is 10.00. The molecule has 1 aromatic rings. The summed E-state index contributed by atoms with van der Waals surface area (Å²) < 4.78 is 22.3. The van der Waals surface area contributed by atoms with E-state index in [1.165, 1.54) is 28.6 Å². The number of β-amino-alcohol motifs (C(OH)–C–C–N with tert-alkyl or cyclic N) is 1. The molecule has 1 atom stereocenters. The maximum atomic E-state index is 12.7. The smallest absolute Gasteiger partial charge is 0.264 e. The summed E-state index contributed by atoms with van der Waals surface area (Å²) in [6.45, 7) is 4.08. The standard InChI is InChI=1S/C21H25N3O6S2/c1-21(20(27)22-28,32(2,29)30)7-8-24-14-16-11-17(31-18(16)19(24)26)6-4-3-5-15-12-23(13-15)9-10-25/h11,15,25,28H,7-10,12-14H2,1-2H3,(H,22,27). The number of thiophene rings is 1. The molecular formula is C21H25N3O6S2. The minimum Gasteiger partial charge on any atom is -0.395 e. The molecule has 0 bridgehead atoms. The maximum absolute atomic E-state index is 12.7. The van der Waals surface area contributed by atoms with Crippen LogP contribution in [0.4, 0.5) is 0 Å². The van der Waals surface area contributed by atoms with Crippen molar-refractivity contribution in [1.29, 1.82) is 0 Å². The van der Waals surface area contributed by atoms with E-state index in [2.05, 4.69) is 28.6 Å². The van der Waals surface area contributed by atoms with Crippen LogP contribution in [0.25, 0.3) is 0 Å². The number of hydrogen-bond donors (Lipinski definition) is 3. The SMILES string of the molecule is CC(CCN1Cc2cc(C#CC#CC3CN(CCO)C3)sc2C1=O)(C(=O)NO)S(C)(=O)=O. The zero-order valence-electron chi connectivity index (χ0n) is 17.8. The molecule has 0 aliphatic carbocycles. The highest BCUT2D eigenvalue weighted by molar-refractivity contribution is 7.92. The lowest BCUT2D eigenvalue weighted by molar-refractivity contribution is -0.131. The normalized spacial score (nSPS) is 18.0. The van der Waals surface area contributed by atoms with Crippen LogP contribution in [0.5, 0.6) is 0 Å². The second-order valence-electron chi connectivity index (χ2n) is 8.09. The van der Waals surface area contributed by atoms with E-state index < -0.39 is 20.5 Å². The number of fused-ring (bicyclic) bond motifs is 1. The Morgan fingerprint density at radius 3 is 2.66 bits per heavy atom. The number of carbonyl (C=O) groups is 2. The van der Waals surface area contributed by atoms with Gasteiger partial charge in [-0.2, -0.15) is 0 Å². The molecule has 9 nitrogen and oxygen atoms in total. The topological polar surface area (TPSA) is 127 Å². The van der Waals surface area contributed by atoms with Crippen LogP contribution < -0.4 is 5.48 Å². The van der Waals surface area contributed by atoms with Gasteiger partial charge in [-0.05, 0) is 42.7 Å². The van der Waals surface area contributed by atoms with Crippen LogP contribution >= 0.6 is 11.3 Å². The van der Waals surface area contributed by atoms with Crippen molar-refractivity contribution in [2.24, 2.45) is 5.92 Å². The van der Waals surface area contributed by atoms with Gasteiger partial charge in [0.2, 0.25) is 0 Å². The lowest BCUT2D eigenvalue weighted by Crippen LogP contribution is -2.50. The maximum Gasteiger partial charge on any atom is 0.264 e. The quantitative estimate of drug-likeness (QED) is 0.278. The summed E-state index contributed by atoms with van der Waals surface area (Å²) in [5.41, 5.74) is 2.22. The number of carbonyl (C=O) groups excluding carboxylic acids is 2. The van der Waals surface area contributed by atoms with Crippen LogP contribution in [0.1, 0.15) is 33.5 Å². The molecule has 0 aromatic carbocycles. The van der Waals surface area contributed by atoms with Gasteiger partial charge in [0.15, 0.2) is 14.6 Å². The molecule has 3 heterocycles. The number of hydroxylamine groups is 1. The van der Waals surface area contributed by atoms with Crippen molar-refractivity contribution in [1.82, 2.24) is 15.3 Å². The first-order chi connectivity index (χ1) is 15.1. The highest BCUT2D eigenvalue weighted by Gasteiger charge is 2.44. The van der Waals surface area contributed by atoms with Crippen molar-refractivity contribution < 1.29 is 28.3 Å². The van der Waals surface area contributed by atoms with Crippen molar-refractivity contribution in [3.8, 4) is 23.7 Å². The third-order valence-electron chi connectivity index (χ3n) is 5.81. The molecule has 172 valence electrons. The van der Waals surface area contributed by atoms with Gasteiger partial charge in [-0.3, -0.25) is 19.7 Å². The van der Waals surface area contributed by atoms with Crippen molar-refractivity contribution in [2.75, 3.05) is 39.0 Å². The fourth-order valence-electron chi connectivity index (χ4n) is 3.54. The Kier molecular flexibility index (Phi) is 7.28. The second-order valence-corrected chi connectivity index (χ2v) is 11.6. The molecule has 0 spiro atoms. The minimum absolute atomic E-state index is 0.0540. The Bertz CT molecular complexity index is 1130. The molecule has 1 saturated heterocycles. The van der Waals surface area contributed by atoms with Crippen LogP contribution in [0.2, 0.25) is 0 Å². The summed E-state index contributed by atoms with van der Waals surface area (Å²) in [5.74, 6) is 10.7. The molecule has 1 unspecified atom stereocenters. The number of rotatable bonds is 7. The Morgan fingerprint density at radius 2 is 2.06 bits per heavy atom. The number of aliphatic hydroxyl groups excluding tert-OH is 1. The average molecular weight is 480 g/mol. The minimum atomic E-state index is -3.82. The number of hydrogen-bond acceptors (Lipinski definition) is 8. The number of nitrogens with zero attached hydrogens (tertiary/aromatic N) is 2. The second kappa shape index (κ2) is 9.61. The van der Waals surface area contributed by atoms with Crippen molar-refractivity contribution in [3.63, 3.8) is 0 Å². The molecule has 2 aliphatic rings. The predicted molar refractivity (Wildman–Crippen MR) is 119 cm³/mol.